The molecule has 0 saturated carbocycles. The number of aliphatic carboxylic acids is 1. The van der Waals surface area contributed by atoms with Crippen LogP contribution in [-0.4, -0.2) is 24.2 Å². The maximum Gasteiger partial charge on any atom is 0.304 e. The van der Waals surface area contributed by atoms with Crippen LogP contribution < -0.4 is 5.32 Å². The van der Waals surface area contributed by atoms with Crippen molar-refractivity contribution in [3.05, 3.63) is 22.4 Å². The van der Waals surface area contributed by atoms with E-state index in [4.69, 9.17) is 5.11 Å². The van der Waals surface area contributed by atoms with Crippen LogP contribution >= 0.6 is 11.3 Å². The number of hydrogen-bond donors (Lipinski definition) is 2. The third-order valence-electron chi connectivity index (χ3n) is 3.26. The molecule has 1 atom stereocenters. The van der Waals surface area contributed by atoms with Gasteiger partial charge in [0.25, 0.3) is 0 Å². The maximum atomic E-state index is 10.9. The summed E-state index contributed by atoms with van der Waals surface area (Å²) in [6.07, 6.45) is 2.46. The summed E-state index contributed by atoms with van der Waals surface area (Å²) in [5.41, 5.74) is 0. The highest BCUT2D eigenvalue weighted by atomic mass is 32.1. The molecule has 0 amide bonds. The molecular formula is C12H17NO2S. The molecule has 1 aliphatic rings. The number of carboxylic acid groups (broad SMARTS) is 1. The number of carboxylic acids is 1. The molecule has 3 nitrogen and oxygen atoms in total. The van der Waals surface area contributed by atoms with Crippen molar-refractivity contribution in [3.63, 3.8) is 0 Å². The van der Waals surface area contributed by atoms with Gasteiger partial charge < -0.3 is 10.4 Å². The minimum atomic E-state index is -0.683. The van der Waals surface area contributed by atoms with Crippen LogP contribution in [0.15, 0.2) is 17.5 Å². The third kappa shape index (κ3) is 2.83. The summed E-state index contributed by atoms with van der Waals surface area (Å²) >= 11 is 1.68. The molecule has 2 N–H and O–H groups in total. The van der Waals surface area contributed by atoms with Crippen LogP contribution in [-0.2, 0) is 4.79 Å². The van der Waals surface area contributed by atoms with Crippen LogP contribution in [0.2, 0.25) is 0 Å². The van der Waals surface area contributed by atoms with Crippen LogP contribution in [0.3, 0.4) is 0 Å². The van der Waals surface area contributed by atoms with E-state index in [0.29, 0.717) is 5.92 Å². The van der Waals surface area contributed by atoms with Crippen LogP contribution in [0.25, 0.3) is 0 Å². The Hall–Kier alpha value is -0.870. The van der Waals surface area contributed by atoms with E-state index < -0.39 is 5.97 Å². The summed E-state index contributed by atoms with van der Waals surface area (Å²) in [7, 11) is 0. The summed E-state index contributed by atoms with van der Waals surface area (Å²) in [5, 5.41) is 14.4. The summed E-state index contributed by atoms with van der Waals surface area (Å²) in [6, 6.07) is 4.08. The Morgan fingerprint density at radius 3 is 2.88 bits per heavy atom. The number of thiophene rings is 1. The fourth-order valence-electron chi connectivity index (χ4n) is 2.44. The molecule has 1 aromatic heterocycles. The van der Waals surface area contributed by atoms with E-state index in [1.165, 1.54) is 4.88 Å². The molecule has 2 rings (SSSR count). The van der Waals surface area contributed by atoms with Gasteiger partial charge in [0.2, 0.25) is 0 Å². The average Bonchev–Trinajstić information content (AvgIpc) is 2.80. The van der Waals surface area contributed by atoms with Gasteiger partial charge in [-0.15, -0.1) is 11.3 Å². The minimum Gasteiger partial charge on any atom is -0.481 e. The van der Waals surface area contributed by atoms with Gasteiger partial charge in [-0.25, -0.2) is 0 Å². The molecule has 1 aromatic rings. The number of rotatable bonds is 4. The fraction of sp³-hybridized carbons (Fsp3) is 0.583. The first kappa shape index (κ1) is 11.6. The zero-order chi connectivity index (χ0) is 11.4. The summed E-state index contributed by atoms with van der Waals surface area (Å²) in [4.78, 5) is 12.2. The number of nitrogens with one attached hydrogen (secondary N) is 1. The first-order chi connectivity index (χ1) is 7.77. The second kappa shape index (κ2) is 5.46. The second-order valence-corrected chi connectivity index (χ2v) is 5.29. The van der Waals surface area contributed by atoms with Crippen molar-refractivity contribution in [3.8, 4) is 0 Å². The Kier molecular flexibility index (Phi) is 3.96. The first-order valence-electron chi connectivity index (χ1n) is 5.73. The predicted octanol–water partition coefficient (Wildman–Crippen LogP) is 2.31. The zero-order valence-electron chi connectivity index (χ0n) is 9.19. The van der Waals surface area contributed by atoms with Gasteiger partial charge in [-0.2, -0.15) is 0 Å². The molecule has 88 valence electrons. The third-order valence-corrected chi connectivity index (χ3v) is 4.26. The Balaban J connectivity index is 2.10. The quantitative estimate of drug-likeness (QED) is 0.847. The van der Waals surface area contributed by atoms with Gasteiger partial charge >= 0.3 is 5.97 Å². The smallest absolute Gasteiger partial charge is 0.304 e. The lowest BCUT2D eigenvalue weighted by Crippen LogP contribution is -2.31. The lowest BCUT2D eigenvalue weighted by Gasteiger charge is -2.29. The molecule has 1 fully saturated rings. The monoisotopic (exact) mass is 239 g/mol. The van der Waals surface area contributed by atoms with Crippen molar-refractivity contribution in [1.82, 2.24) is 5.32 Å². The molecule has 0 aromatic carbocycles. The normalized spacial score (nSPS) is 19.5. The van der Waals surface area contributed by atoms with Crippen molar-refractivity contribution in [2.24, 2.45) is 5.92 Å². The largest absolute Gasteiger partial charge is 0.481 e. The molecule has 2 heterocycles. The molecule has 1 unspecified atom stereocenters. The molecule has 0 radical (unpaired) electrons. The van der Waals surface area contributed by atoms with Crippen molar-refractivity contribution in [2.45, 2.75) is 25.2 Å². The van der Waals surface area contributed by atoms with Crippen LogP contribution in [0, 0.1) is 5.92 Å². The summed E-state index contributed by atoms with van der Waals surface area (Å²) in [6.45, 7) is 2.04. The zero-order valence-corrected chi connectivity index (χ0v) is 10.0. The SMILES string of the molecule is O=C(O)CC(c1cccs1)C1CCNCC1. The average molecular weight is 239 g/mol. The molecular weight excluding hydrogens is 222 g/mol. The highest BCUT2D eigenvalue weighted by Gasteiger charge is 2.27. The van der Waals surface area contributed by atoms with Gasteiger partial charge in [0.05, 0.1) is 6.42 Å². The summed E-state index contributed by atoms with van der Waals surface area (Å²) in [5.74, 6) is 0.0486. The van der Waals surface area contributed by atoms with Crippen LogP contribution in [0.4, 0.5) is 0 Å². The predicted molar refractivity (Wildman–Crippen MR) is 64.9 cm³/mol. The van der Waals surface area contributed by atoms with Gasteiger partial charge in [-0.3, -0.25) is 4.79 Å². The van der Waals surface area contributed by atoms with Gasteiger partial charge in [0.1, 0.15) is 0 Å². The van der Waals surface area contributed by atoms with Crippen molar-refractivity contribution in [1.29, 1.82) is 0 Å². The first-order valence-corrected chi connectivity index (χ1v) is 6.61. The fourth-order valence-corrected chi connectivity index (χ4v) is 3.36. The van der Waals surface area contributed by atoms with E-state index in [1.54, 1.807) is 11.3 Å². The van der Waals surface area contributed by atoms with Crippen molar-refractivity contribution >= 4 is 17.3 Å². The van der Waals surface area contributed by atoms with E-state index in [1.807, 2.05) is 11.4 Å². The van der Waals surface area contributed by atoms with E-state index in [9.17, 15) is 4.79 Å². The second-order valence-electron chi connectivity index (χ2n) is 4.31. The standard InChI is InChI=1S/C12H17NO2S/c14-12(15)8-10(11-2-1-7-16-11)9-3-5-13-6-4-9/h1-2,7,9-10,13H,3-6,8H2,(H,14,15). The lowest BCUT2D eigenvalue weighted by molar-refractivity contribution is -0.137. The van der Waals surface area contributed by atoms with Crippen LogP contribution in [0.5, 0.6) is 0 Å². The molecule has 0 bridgehead atoms. The molecule has 1 saturated heterocycles. The van der Waals surface area contributed by atoms with E-state index >= 15 is 0 Å². The number of carbonyl (C=O) groups is 1. The number of piperidine rings is 1. The Bertz CT molecular complexity index is 331. The highest BCUT2D eigenvalue weighted by molar-refractivity contribution is 7.10. The van der Waals surface area contributed by atoms with Gasteiger partial charge in [0, 0.05) is 10.8 Å². The Morgan fingerprint density at radius 1 is 1.56 bits per heavy atom. The topological polar surface area (TPSA) is 49.3 Å². The highest BCUT2D eigenvalue weighted by Crippen LogP contribution is 2.36. The van der Waals surface area contributed by atoms with Gasteiger partial charge in [-0.1, -0.05) is 6.07 Å². The van der Waals surface area contributed by atoms with E-state index in [0.717, 1.165) is 25.9 Å². The van der Waals surface area contributed by atoms with E-state index in [2.05, 4.69) is 11.4 Å². The lowest BCUT2D eigenvalue weighted by atomic mass is 9.82. The number of hydrogen-bond acceptors (Lipinski definition) is 3. The molecule has 1 aliphatic heterocycles. The Morgan fingerprint density at radius 2 is 2.31 bits per heavy atom. The Labute approximate surface area is 99.5 Å². The summed E-state index contributed by atoms with van der Waals surface area (Å²) < 4.78 is 0. The molecule has 0 aliphatic carbocycles. The van der Waals surface area contributed by atoms with Crippen molar-refractivity contribution in [2.75, 3.05) is 13.1 Å². The van der Waals surface area contributed by atoms with Crippen LogP contribution in [0.1, 0.15) is 30.1 Å². The molecule has 0 spiro atoms. The maximum absolute atomic E-state index is 10.9. The molecule has 4 heteroatoms. The van der Waals surface area contributed by atoms with Crippen molar-refractivity contribution < 1.29 is 9.90 Å². The van der Waals surface area contributed by atoms with E-state index in [-0.39, 0.29) is 12.3 Å². The van der Waals surface area contributed by atoms with Gasteiger partial charge in [-0.05, 0) is 43.3 Å². The van der Waals surface area contributed by atoms with Gasteiger partial charge in [0.15, 0.2) is 0 Å². The molecule has 16 heavy (non-hydrogen) atoms. The minimum absolute atomic E-state index is 0.208.